The lowest BCUT2D eigenvalue weighted by Gasteiger charge is -2.36. The van der Waals surface area contributed by atoms with E-state index in [4.69, 9.17) is 4.74 Å². The first-order valence-corrected chi connectivity index (χ1v) is 12.0. The molecule has 1 unspecified atom stereocenters. The number of ether oxygens (including phenoxy) is 1. The van der Waals surface area contributed by atoms with Gasteiger partial charge in [0.1, 0.15) is 11.6 Å². The molecule has 0 aromatic heterocycles. The third-order valence-electron chi connectivity index (χ3n) is 7.44. The topological polar surface area (TPSA) is 90.4 Å². The summed E-state index contributed by atoms with van der Waals surface area (Å²) >= 11 is 0. The molecule has 0 saturated carbocycles. The number of benzene rings is 1. The van der Waals surface area contributed by atoms with Crippen molar-refractivity contribution < 1.29 is 24.2 Å². The standard InChI is InChI=1S/C26H31N3O5/c1-17(2)27-14-7-12-26-21(24(32)29(15-8-16-30)22(26)25(27)33)20-19(34-26)11-6-13-28(23(20)31)18-9-4-3-5-10-18/h3-7,9-12,17,19-22,30H,8,13-16H2,1-2H3/t19-,20+,21+,22?,26+/m1/s1. The molecule has 4 heterocycles. The first-order chi connectivity index (χ1) is 16.4. The van der Waals surface area contributed by atoms with E-state index in [1.165, 1.54) is 0 Å². The molecule has 5 rings (SSSR count). The van der Waals surface area contributed by atoms with Crippen LogP contribution in [0.2, 0.25) is 0 Å². The number of likely N-dealkylation sites (tertiary alicyclic amines) is 1. The molecule has 3 amide bonds. The Morgan fingerprint density at radius 1 is 1.06 bits per heavy atom. The Morgan fingerprint density at radius 3 is 2.53 bits per heavy atom. The maximum absolute atomic E-state index is 13.9. The molecule has 0 aliphatic carbocycles. The minimum atomic E-state index is -1.22. The van der Waals surface area contributed by atoms with Gasteiger partial charge >= 0.3 is 0 Å². The van der Waals surface area contributed by atoms with Crippen molar-refractivity contribution in [2.45, 2.75) is 44.1 Å². The minimum Gasteiger partial charge on any atom is -0.396 e. The van der Waals surface area contributed by atoms with E-state index in [0.29, 0.717) is 19.5 Å². The molecule has 2 fully saturated rings. The molecule has 1 N–H and O–H groups in total. The smallest absolute Gasteiger partial charge is 0.249 e. The molecule has 34 heavy (non-hydrogen) atoms. The Bertz CT molecular complexity index is 1040. The number of fused-ring (bicyclic) bond motifs is 2. The van der Waals surface area contributed by atoms with Gasteiger partial charge in [-0.05, 0) is 32.4 Å². The zero-order valence-electron chi connectivity index (χ0n) is 19.5. The van der Waals surface area contributed by atoms with Gasteiger partial charge in [-0.3, -0.25) is 14.4 Å². The second-order valence-corrected chi connectivity index (χ2v) is 9.65. The fourth-order valence-electron chi connectivity index (χ4n) is 5.94. The van der Waals surface area contributed by atoms with Crippen LogP contribution in [0.1, 0.15) is 20.3 Å². The van der Waals surface area contributed by atoms with Crippen molar-refractivity contribution in [2.75, 3.05) is 31.1 Å². The van der Waals surface area contributed by atoms with Crippen molar-refractivity contribution in [1.82, 2.24) is 9.80 Å². The Morgan fingerprint density at radius 2 is 1.82 bits per heavy atom. The third kappa shape index (κ3) is 3.31. The van der Waals surface area contributed by atoms with E-state index in [2.05, 4.69) is 0 Å². The predicted octanol–water partition coefficient (Wildman–Crippen LogP) is 1.36. The van der Waals surface area contributed by atoms with E-state index in [9.17, 15) is 19.5 Å². The molecule has 5 atom stereocenters. The SMILES string of the molecule is CC(C)N1CC=C[C@]23O[C@@H]4C=CCN(c5ccccc5)C(=O)[C@@H]4[C@H]2C(=O)N(CCCO)C3C1=O. The number of aliphatic hydroxyl groups excluding tert-OH is 1. The number of hydrogen-bond donors (Lipinski definition) is 1. The maximum Gasteiger partial charge on any atom is 0.249 e. The summed E-state index contributed by atoms with van der Waals surface area (Å²) in [4.78, 5) is 46.6. The Balaban J connectivity index is 1.60. The molecule has 4 aliphatic heterocycles. The zero-order chi connectivity index (χ0) is 24.0. The van der Waals surface area contributed by atoms with E-state index >= 15 is 0 Å². The lowest BCUT2D eigenvalue weighted by Crippen LogP contribution is -2.56. The lowest BCUT2D eigenvalue weighted by molar-refractivity contribution is -0.148. The molecule has 180 valence electrons. The van der Waals surface area contributed by atoms with Gasteiger partial charge in [-0.15, -0.1) is 0 Å². The summed E-state index contributed by atoms with van der Waals surface area (Å²) in [5.74, 6) is -2.16. The van der Waals surface area contributed by atoms with Crippen LogP contribution in [-0.4, -0.2) is 82.7 Å². The quantitative estimate of drug-likeness (QED) is 0.664. The van der Waals surface area contributed by atoms with E-state index in [1.54, 1.807) is 14.7 Å². The van der Waals surface area contributed by atoms with Gasteiger partial charge in [0.05, 0.1) is 17.9 Å². The number of anilines is 1. The van der Waals surface area contributed by atoms with Gasteiger partial charge in [0.25, 0.3) is 0 Å². The van der Waals surface area contributed by atoms with Crippen molar-refractivity contribution in [2.24, 2.45) is 11.8 Å². The van der Waals surface area contributed by atoms with Crippen LogP contribution in [0, 0.1) is 11.8 Å². The second-order valence-electron chi connectivity index (χ2n) is 9.65. The summed E-state index contributed by atoms with van der Waals surface area (Å²) in [6.07, 6.45) is 7.26. The molecular formula is C26H31N3O5. The number of carbonyl (C=O) groups is 3. The average molecular weight is 466 g/mol. The van der Waals surface area contributed by atoms with E-state index in [1.807, 2.05) is 68.5 Å². The molecule has 8 heteroatoms. The third-order valence-corrected chi connectivity index (χ3v) is 7.44. The molecule has 2 saturated heterocycles. The van der Waals surface area contributed by atoms with Gasteiger partial charge in [-0.25, -0.2) is 0 Å². The number of rotatable bonds is 5. The van der Waals surface area contributed by atoms with E-state index in [0.717, 1.165) is 5.69 Å². The molecule has 0 bridgehead atoms. The Hall–Kier alpha value is -2.97. The normalized spacial score (nSPS) is 32.7. The molecular weight excluding hydrogens is 434 g/mol. The van der Waals surface area contributed by atoms with Crippen molar-refractivity contribution in [1.29, 1.82) is 0 Å². The molecule has 1 spiro atoms. The van der Waals surface area contributed by atoms with Gasteiger partial charge in [0.2, 0.25) is 17.7 Å². The van der Waals surface area contributed by atoms with Gasteiger partial charge in [0, 0.05) is 38.0 Å². The number of hydrogen-bond acceptors (Lipinski definition) is 5. The fourth-order valence-corrected chi connectivity index (χ4v) is 5.94. The minimum absolute atomic E-state index is 0.0527. The average Bonchev–Trinajstić information content (AvgIpc) is 3.13. The molecule has 0 radical (unpaired) electrons. The van der Waals surface area contributed by atoms with Gasteiger partial charge in [0.15, 0.2) is 0 Å². The van der Waals surface area contributed by atoms with Crippen LogP contribution in [0.3, 0.4) is 0 Å². The first kappa shape index (κ1) is 22.8. The van der Waals surface area contributed by atoms with Crippen molar-refractivity contribution in [3.8, 4) is 0 Å². The highest BCUT2D eigenvalue weighted by atomic mass is 16.5. The van der Waals surface area contributed by atoms with Crippen LogP contribution >= 0.6 is 0 Å². The van der Waals surface area contributed by atoms with Gasteiger partial charge in [-0.1, -0.05) is 42.5 Å². The highest BCUT2D eigenvalue weighted by Crippen LogP contribution is 2.53. The van der Waals surface area contributed by atoms with Crippen LogP contribution in [0.5, 0.6) is 0 Å². The number of amides is 3. The second kappa shape index (κ2) is 8.67. The number of aliphatic hydroxyl groups is 1. The molecule has 1 aromatic rings. The van der Waals surface area contributed by atoms with E-state index < -0.39 is 29.6 Å². The predicted molar refractivity (Wildman–Crippen MR) is 126 cm³/mol. The first-order valence-electron chi connectivity index (χ1n) is 12.0. The Labute approximate surface area is 199 Å². The highest BCUT2D eigenvalue weighted by molar-refractivity contribution is 6.03. The largest absolute Gasteiger partial charge is 0.396 e. The molecule has 1 aromatic carbocycles. The van der Waals surface area contributed by atoms with Crippen LogP contribution in [-0.2, 0) is 19.1 Å². The molecule has 8 nitrogen and oxygen atoms in total. The molecule has 4 aliphatic rings. The van der Waals surface area contributed by atoms with E-state index in [-0.39, 0.29) is 36.9 Å². The Kier molecular flexibility index (Phi) is 5.81. The van der Waals surface area contributed by atoms with Gasteiger partial charge in [-0.2, -0.15) is 0 Å². The van der Waals surface area contributed by atoms with Crippen LogP contribution in [0.25, 0.3) is 0 Å². The van der Waals surface area contributed by atoms with Gasteiger partial charge < -0.3 is 24.5 Å². The summed E-state index contributed by atoms with van der Waals surface area (Å²) in [5, 5.41) is 9.45. The summed E-state index contributed by atoms with van der Waals surface area (Å²) < 4.78 is 6.58. The maximum atomic E-state index is 13.9. The summed E-state index contributed by atoms with van der Waals surface area (Å²) in [6.45, 7) is 4.83. The van der Waals surface area contributed by atoms with Crippen LogP contribution in [0.15, 0.2) is 54.6 Å². The lowest BCUT2D eigenvalue weighted by atomic mass is 9.77. The number of nitrogens with zero attached hydrogens (tertiary/aromatic N) is 3. The fraction of sp³-hybridized carbons (Fsp3) is 0.500. The van der Waals surface area contributed by atoms with Crippen molar-refractivity contribution in [3.63, 3.8) is 0 Å². The van der Waals surface area contributed by atoms with Crippen LogP contribution in [0.4, 0.5) is 5.69 Å². The number of carbonyl (C=O) groups excluding carboxylic acids is 3. The highest BCUT2D eigenvalue weighted by Gasteiger charge is 2.71. The van der Waals surface area contributed by atoms with Crippen molar-refractivity contribution >= 4 is 23.4 Å². The number of para-hydroxylation sites is 1. The van der Waals surface area contributed by atoms with Crippen molar-refractivity contribution in [3.05, 3.63) is 54.6 Å². The summed E-state index contributed by atoms with van der Waals surface area (Å²) in [6, 6.07) is 8.48. The monoisotopic (exact) mass is 465 g/mol. The summed E-state index contributed by atoms with van der Waals surface area (Å²) in [5.41, 5.74) is -0.459. The van der Waals surface area contributed by atoms with Crippen LogP contribution < -0.4 is 4.90 Å². The zero-order valence-corrected chi connectivity index (χ0v) is 19.5. The summed E-state index contributed by atoms with van der Waals surface area (Å²) in [7, 11) is 0.